The van der Waals surface area contributed by atoms with Gasteiger partial charge in [-0.25, -0.2) is 9.97 Å². The molecule has 5 heteroatoms. The monoisotopic (exact) mass is 311 g/mol. The van der Waals surface area contributed by atoms with Crippen molar-refractivity contribution in [2.75, 3.05) is 12.4 Å². The molecule has 0 radical (unpaired) electrons. The SMILES string of the molecule is CNc1cc(C)nc(-c2cc(Br)ccc2Cl)n1. The Hall–Kier alpha value is -1.13. The first kappa shape index (κ1) is 12.3. The normalized spacial score (nSPS) is 10.4. The van der Waals surface area contributed by atoms with Crippen LogP contribution >= 0.6 is 27.5 Å². The zero-order valence-corrected chi connectivity index (χ0v) is 11.8. The first-order valence-corrected chi connectivity index (χ1v) is 6.26. The number of hydrogen-bond donors (Lipinski definition) is 1. The number of benzene rings is 1. The Morgan fingerprint density at radius 1 is 1.24 bits per heavy atom. The quantitative estimate of drug-likeness (QED) is 0.913. The third-order valence-electron chi connectivity index (χ3n) is 2.28. The molecule has 2 rings (SSSR count). The van der Waals surface area contributed by atoms with Gasteiger partial charge in [-0.15, -0.1) is 0 Å². The lowest BCUT2D eigenvalue weighted by Gasteiger charge is -2.07. The third-order valence-corrected chi connectivity index (χ3v) is 3.10. The van der Waals surface area contributed by atoms with Crippen LogP contribution in [0.2, 0.25) is 5.02 Å². The topological polar surface area (TPSA) is 37.8 Å². The summed E-state index contributed by atoms with van der Waals surface area (Å²) in [4.78, 5) is 8.79. The Morgan fingerprint density at radius 2 is 2.00 bits per heavy atom. The molecule has 1 N–H and O–H groups in total. The second-order valence-corrected chi connectivity index (χ2v) is 4.92. The van der Waals surface area contributed by atoms with E-state index in [-0.39, 0.29) is 0 Å². The maximum Gasteiger partial charge on any atom is 0.163 e. The molecule has 0 aliphatic heterocycles. The van der Waals surface area contributed by atoms with Gasteiger partial charge >= 0.3 is 0 Å². The molecule has 0 amide bonds. The van der Waals surface area contributed by atoms with Crippen molar-refractivity contribution in [3.63, 3.8) is 0 Å². The zero-order chi connectivity index (χ0) is 12.4. The highest BCUT2D eigenvalue weighted by Crippen LogP contribution is 2.29. The van der Waals surface area contributed by atoms with Crippen LogP contribution in [0.1, 0.15) is 5.69 Å². The van der Waals surface area contributed by atoms with Gasteiger partial charge in [-0.2, -0.15) is 0 Å². The van der Waals surface area contributed by atoms with Crippen LogP contribution in [0.25, 0.3) is 11.4 Å². The molecular weight excluding hydrogens is 302 g/mol. The minimum atomic E-state index is 0.626. The van der Waals surface area contributed by atoms with Gasteiger partial charge in [0.2, 0.25) is 0 Å². The summed E-state index contributed by atoms with van der Waals surface area (Å²) < 4.78 is 0.952. The summed E-state index contributed by atoms with van der Waals surface area (Å²) in [5, 5.41) is 3.65. The van der Waals surface area contributed by atoms with Crippen molar-refractivity contribution >= 4 is 33.3 Å². The molecule has 0 atom stereocenters. The smallest absolute Gasteiger partial charge is 0.163 e. The maximum absolute atomic E-state index is 6.16. The number of nitrogens with one attached hydrogen (secondary N) is 1. The third kappa shape index (κ3) is 2.76. The molecule has 1 heterocycles. The van der Waals surface area contributed by atoms with Gasteiger partial charge in [0.15, 0.2) is 5.82 Å². The summed E-state index contributed by atoms with van der Waals surface area (Å²) >= 11 is 9.58. The van der Waals surface area contributed by atoms with E-state index < -0.39 is 0 Å². The predicted molar refractivity (Wildman–Crippen MR) is 74.5 cm³/mol. The van der Waals surface area contributed by atoms with E-state index in [9.17, 15) is 0 Å². The van der Waals surface area contributed by atoms with Crippen molar-refractivity contribution in [1.29, 1.82) is 0 Å². The molecular formula is C12H11BrClN3. The van der Waals surface area contributed by atoms with Gasteiger partial charge in [-0.1, -0.05) is 27.5 Å². The molecule has 0 saturated carbocycles. The summed E-state index contributed by atoms with van der Waals surface area (Å²) in [5.41, 5.74) is 1.72. The molecule has 1 aromatic carbocycles. The minimum absolute atomic E-state index is 0.626. The number of halogens is 2. The molecule has 0 spiro atoms. The fourth-order valence-corrected chi connectivity index (χ4v) is 2.05. The van der Waals surface area contributed by atoms with Gasteiger partial charge < -0.3 is 5.32 Å². The van der Waals surface area contributed by atoms with Crippen LogP contribution in [-0.4, -0.2) is 17.0 Å². The molecule has 1 aromatic heterocycles. The Bertz CT molecular complexity index is 557. The molecule has 0 aliphatic rings. The van der Waals surface area contributed by atoms with Crippen LogP contribution in [-0.2, 0) is 0 Å². The van der Waals surface area contributed by atoms with E-state index in [1.807, 2.05) is 38.2 Å². The molecule has 0 bridgehead atoms. The fraction of sp³-hybridized carbons (Fsp3) is 0.167. The molecule has 17 heavy (non-hydrogen) atoms. The molecule has 0 aliphatic carbocycles. The molecule has 2 aromatic rings. The van der Waals surface area contributed by atoms with Crippen LogP contribution in [0.3, 0.4) is 0 Å². The van der Waals surface area contributed by atoms with E-state index in [0.717, 1.165) is 21.5 Å². The highest BCUT2D eigenvalue weighted by atomic mass is 79.9. The molecule has 0 unspecified atom stereocenters. The highest BCUT2D eigenvalue weighted by Gasteiger charge is 2.09. The lowest BCUT2D eigenvalue weighted by molar-refractivity contribution is 1.11. The largest absolute Gasteiger partial charge is 0.373 e. The maximum atomic E-state index is 6.16. The van der Waals surface area contributed by atoms with Crippen LogP contribution in [0, 0.1) is 6.92 Å². The van der Waals surface area contributed by atoms with Crippen LogP contribution < -0.4 is 5.32 Å². The average Bonchev–Trinajstić information content (AvgIpc) is 2.31. The predicted octanol–water partition coefficient (Wildman–Crippen LogP) is 3.91. The van der Waals surface area contributed by atoms with Crippen molar-refractivity contribution in [2.45, 2.75) is 6.92 Å². The lowest BCUT2D eigenvalue weighted by atomic mass is 10.2. The fourth-order valence-electron chi connectivity index (χ4n) is 1.49. The van der Waals surface area contributed by atoms with Crippen molar-refractivity contribution in [3.8, 4) is 11.4 Å². The number of hydrogen-bond acceptors (Lipinski definition) is 3. The van der Waals surface area contributed by atoms with Gasteiger partial charge in [0, 0.05) is 28.8 Å². The Labute approximate surface area is 113 Å². The first-order chi connectivity index (χ1) is 8.10. The molecule has 0 fully saturated rings. The summed E-state index contributed by atoms with van der Waals surface area (Å²) in [6, 6.07) is 7.51. The molecule has 3 nitrogen and oxygen atoms in total. The second-order valence-electron chi connectivity index (χ2n) is 3.59. The van der Waals surface area contributed by atoms with Gasteiger partial charge in [-0.3, -0.25) is 0 Å². The van der Waals surface area contributed by atoms with Crippen molar-refractivity contribution in [2.24, 2.45) is 0 Å². The van der Waals surface area contributed by atoms with E-state index in [2.05, 4.69) is 31.2 Å². The van der Waals surface area contributed by atoms with E-state index in [1.165, 1.54) is 0 Å². The number of anilines is 1. The Morgan fingerprint density at radius 3 is 2.71 bits per heavy atom. The Balaban J connectivity index is 2.59. The van der Waals surface area contributed by atoms with Crippen LogP contribution in [0.15, 0.2) is 28.7 Å². The Kier molecular flexibility index (Phi) is 3.64. The summed E-state index contributed by atoms with van der Waals surface area (Å²) in [7, 11) is 1.83. The van der Waals surface area contributed by atoms with Gasteiger partial charge in [0.1, 0.15) is 5.82 Å². The lowest BCUT2D eigenvalue weighted by Crippen LogP contribution is -1.98. The van der Waals surface area contributed by atoms with Crippen molar-refractivity contribution in [1.82, 2.24) is 9.97 Å². The standard InChI is InChI=1S/C12H11BrClN3/c1-7-5-11(15-2)17-12(16-7)9-6-8(13)3-4-10(9)14/h3-6H,1-2H3,(H,15,16,17). The second kappa shape index (κ2) is 5.02. The van der Waals surface area contributed by atoms with E-state index in [0.29, 0.717) is 10.8 Å². The average molecular weight is 313 g/mol. The van der Waals surface area contributed by atoms with Gasteiger partial charge in [0.05, 0.1) is 5.02 Å². The number of aromatic nitrogens is 2. The van der Waals surface area contributed by atoms with E-state index in [1.54, 1.807) is 0 Å². The van der Waals surface area contributed by atoms with Crippen LogP contribution in [0.4, 0.5) is 5.82 Å². The summed E-state index contributed by atoms with van der Waals surface area (Å²) in [6.45, 7) is 1.93. The zero-order valence-electron chi connectivity index (χ0n) is 9.46. The number of nitrogens with zero attached hydrogens (tertiary/aromatic N) is 2. The van der Waals surface area contributed by atoms with E-state index in [4.69, 9.17) is 11.6 Å². The molecule has 0 saturated heterocycles. The summed E-state index contributed by atoms with van der Waals surface area (Å²) in [5.74, 6) is 1.41. The van der Waals surface area contributed by atoms with E-state index >= 15 is 0 Å². The van der Waals surface area contributed by atoms with Crippen molar-refractivity contribution in [3.05, 3.63) is 39.5 Å². The number of rotatable bonds is 2. The van der Waals surface area contributed by atoms with Crippen molar-refractivity contribution < 1.29 is 0 Å². The highest BCUT2D eigenvalue weighted by molar-refractivity contribution is 9.10. The minimum Gasteiger partial charge on any atom is -0.373 e. The van der Waals surface area contributed by atoms with Crippen LogP contribution in [0.5, 0.6) is 0 Å². The first-order valence-electron chi connectivity index (χ1n) is 5.09. The number of aryl methyl sites for hydroxylation is 1. The van der Waals surface area contributed by atoms with Gasteiger partial charge in [-0.05, 0) is 25.1 Å². The van der Waals surface area contributed by atoms with Gasteiger partial charge in [0.25, 0.3) is 0 Å². The molecule has 88 valence electrons. The summed E-state index contributed by atoms with van der Waals surface area (Å²) in [6.07, 6.45) is 0.